The van der Waals surface area contributed by atoms with E-state index in [9.17, 15) is 4.79 Å². The first-order valence-electron chi connectivity index (χ1n) is 6.78. The minimum absolute atomic E-state index is 0.233. The van der Waals surface area contributed by atoms with Gasteiger partial charge in [0.1, 0.15) is 0 Å². The molecular weight excluding hydrogens is 238 g/mol. The van der Waals surface area contributed by atoms with Crippen LogP contribution in [0, 0.1) is 5.92 Å². The Hall–Kier alpha value is -1.39. The van der Waals surface area contributed by atoms with Gasteiger partial charge in [0.2, 0.25) is 0 Å². The number of hydrogen-bond acceptors (Lipinski definition) is 3. The zero-order chi connectivity index (χ0) is 14.4. The normalized spacial score (nSPS) is 11.4. The molecule has 3 N–H and O–H groups in total. The quantitative estimate of drug-likeness (QED) is 0.470. The van der Waals surface area contributed by atoms with E-state index in [2.05, 4.69) is 38.0 Å². The van der Waals surface area contributed by atoms with Crippen molar-refractivity contribution in [2.45, 2.75) is 40.3 Å². The predicted octanol–water partition coefficient (Wildman–Crippen LogP) is 2.16. The van der Waals surface area contributed by atoms with Crippen LogP contribution in [-0.2, 0) is 6.54 Å². The molecule has 0 aliphatic rings. The number of hydrogen-bond donors (Lipinski definition) is 2. The summed E-state index contributed by atoms with van der Waals surface area (Å²) in [6.45, 7) is 10.5. The van der Waals surface area contributed by atoms with Gasteiger partial charge in [0, 0.05) is 24.7 Å². The number of nitrogens with one attached hydrogen (secondary N) is 1. The van der Waals surface area contributed by atoms with E-state index in [1.54, 1.807) is 0 Å². The van der Waals surface area contributed by atoms with Gasteiger partial charge in [-0.15, -0.1) is 0 Å². The number of carbonyl (C=O) groups excluding carboxylic acids is 1. The van der Waals surface area contributed by atoms with E-state index in [0.29, 0.717) is 17.5 Å². The van der Waals surface area contributed by atoms with Crippen LogP contribution in [0.15, 0.2) is 24.3 Å². The van der Waals surface area contributed by atoms with Crippen molar-refractivity contribution < 1.29 is 4.79 Å². The number of nitrogens with two attached hydrogens (primary N) is 1. The third-order valence-electron chi connectivity index (χ3n) is 3.10. The first kappa shape index (κ1) is 15.7. The van der Waals surface area contributed by atoms with E-state index in [1.165, 1.54) is 0 Å². The lowest BCUT2D eigenvalue weighted by molar-refractivity contribution is 0.0950. The largest absolute Gasteiger partial charge is 0.296 e. The van der Waals surface area contributed by atoms with Gasteiger partial charge in [0.05, 0.1) is 0 Å². The highest BCUT2D eigenvalue weighted by Crippen LogP contribution is 2.15. The third kappa shape index (κ3) is 4.65. The molecule has 0 aromatic heterocycles. The van der Waals surface area contributed by atoms with Crippen LogP contribution < -0.4 is 11.3 Å². The summed E-state index contributed by atoms with van der Waals surface area (Å²) in [7, 11) is 0. The van der Waals surface area contributed by atoms with Gasteiger partial charge in [-0.2, -0.15) is 0 Å². The average molecular weight is 263 g/mol. The lowest BCUT2D eigenvalue weighted by Gasteiger charge is -2.29. The first-order valence-corrected chi connectivity index (χ1v) is 6.78. The maximum atomic E-state index is 11.8. The second-order valence-electron chi connectivity index (χ2n) is 5.55. The Kier molecular flexibility index (Phi) is 5.99. The molecular formula is C15H25N3O. The fourth-order valence-electron chi connectivity index (χ4n) is 2.10. The van der Waals surface area contributed by atoms with Crippen LogP contribution in [0.4, 0.5) is 0 Å². The van der Waals surface area contributed by atoms with Crippen molar-refractivity contribution in [2.24, 2.45) is 11.8 Å². The average Bonchev–Trinajstić information content (AvgIpc) is 2.37. The monoisotopic (exact) mass is 263 g/mol. The summed E-state index contributed by atoms with van der Waals surface area (Å²) in [5.41, 5.74) is 3.87. The predicted molar refractivity (Wildman–Crippen MR) is 78.5 cm³/mol. The number of nitrogen functional groups attached to an aromatic ring is 1. The molecule has 4 heteroatoms. The second-order valence-corrected chi connectivity index (χ2v) is 5.55. The number of nitrogens with zero attached hydrogens (tertiary/aromatic N) is 1. The van der Waals surface area contributed by atoms with E-state index in [4.69, 9.17) is 5.84 Å². The van der Waals surface area contributed by atoms with Crippen LogP contribution in [0.1, 0.15) is 43.6 Å². The maximum Gasteiger partial charge on any atom is 0.265 e. The Morgan fingerprint density at radius 3 is 2.42 bits per heavy atom. The number of amides is 1. The summed E-state index contributed by atoms with van der Waals surface area (Å²) in [5.74, 6) is 5.59. The fraction of sp³-hybridized carbons (Fsp3) is 0.533. The molecule has 4 nitrogen and oxygen atoms in total. The lowest BCUT2D eigenvalue weighted by atomic mass is 10.0. The van der Waals surface area contributed by atoms with E-state index in [0.717, 1.165) is 18.7 Å². The standard InChI is InChI=1S/C15H25N3O/c1-11(2)9-18(12(3)4)10-13-7-5-6-8-14(13)15(19)17-16/h5-8,11-12H,9-10,16H2,1-4H3,(H,17,19). The Bertz CT molecular complexity index is 416. The van der Waals surface area contributed by atoms with Crippen molar-refractivity contribution >= 4 is 5.91 Å². The van der Waals surface area contributed by atoms with Crippen molar-refractivity contribution in [3.8, 4) is 0 Å². The molecule has 1 aromatic carbocycles. The molecule has 0 spiro atoms. The van der Waals surface area contributed by atoms with Gasteiger partial charge in [-0.25, -0.2) is 5.84 Å². The van der Waals surface area contributed by atoms with Crippen molar-refractivity contribution in [1.29, 1.82) is 0 Å². The van der Waals surface area contributed by atoms with Gasteiger partial charge in [-0.1, -0.05) is 32.0 Å². The Labute approximate surface area is 115 Å². The molecule has 19 heavy (non-hydrogen) atoms. The van der Waals surface area contributed by atoms with Crippen LogP contribution in [-0.4, -0.2) is 23.4 Å². The van der Waals surface area contributed by atoms with Crippen molar-refractivity contribution in [2.75, 3.05) is 6.54 Å². The lowest BCUT2D eigenvalue weighted by Crippen LogP contribution is -2.35. The smallest absolute Gasteiger partial charge is 0.265 e. The topological polar surface area (TPSA) is 58.4 Å². The summed E-state index contributed by atoms with van der Waals surface area (Å²) >= 11 is 0. The Balaban J connectivity index is 2.93. The minimum atomic E-state index is -0.233. The van der Waals surface area contributed by atoms with Crippen LogP contribution in [0.3, 0.4) is 0 Å². The zero-order valence-corrected chi connectivity index (χ0v) is 12.3. The molecule has 0 fully saturated rings. The molecule has 1 amide bonds. The molecule has 0 saturated carbocycles. The molecule has 0 aliphatic heterocycles. The molecule has 1 rings (SSSR count). The molecule has 0 bridgehead atoms. The molecule has 106 valence electrons. The molecule has 0 heterocycles. The molecule has 1 aromatic rings. The summed E-state index contributed by atoms with van der Waals surface area (Å²) in [4.78, 5) is 14.1. The van der Waals surface area contributed by atoms with E-state index in [-0.39, 0.29) is 5.91 Å². The van der Waals surface area contributed by atoms with Crippen molar-refractivity contribution in [1.82, 2.24) is 10.3 Å². The van der Waals surface area contributed by atoms with Crippen LogP contribution in [0.5, 0.6) is 0 Å². The van der Waals surface area contributed by atoms with E-state index in [1.807, 2.05) is 24.3 Å². The van der Waals surface area contributed by atoms with Crippen molar-refractivity contribution in [3.63, 3.8) is 0 Å². The van der Waals surface area contributed by atoms with Gasteiger partial charge < -0.3 is 0 Å². The van der Waals surface area contributed by atoms with E-state index < -0.39 is 0 Å². The Morgan fingerprint density at radius 1 is 1.26 bits per heavy atom. The summed E-state index contributed by atoms with van der Waals surface area (Å²) in [5, 5.41) is 0. The fourth-order valence-corrected chi connectivity index (χ4v) is 2.10. The molecule has 0 atom stereocenters. The van der Waals surface area contributed by atoms with Gasteiger partial charge in [0.15, 0.2) is 0 Å². The molecule has 0 unspecified atom stereocenters. The molecule has 0 radical (unpaired) electrons. The number of benzene rings is 1. The first-order chi connectivity index (χ1) is 8.95. The number of rotatable bonds is 6. The zero-order valence-electron chi connectivity index (χ0n) is 12.3. The van der Waals surface area contributed by atoms with Crippen molar-refractivity contribution in [3.05, 3.63) is 35.4 Å². The highest BCUT2D eigenvalue weighted by molar-refractivity contribution is 5.95. The summed E-state index contributed by atoms with van der Waals surface area (Å²) in [6, 6.07) is 8.05. The molecule has 0 aliphatic carbocycles. The number of carbonyl (C=O) groups is 1. The Morgan fingerprint density at radius 2 is 1.89 bits per heavy atom. The highest BCUT2D eigenvalue weighted by Gasteiger charge is 2.16. The van der Waals surface area contributed by atoms with Gasteiger partial charge in [-0.3, -0.25) is 15.1 Å². The highest BCUT2D eigenvalue weighted by atomic mass is 16.2. The van der Waals surface area contributed by atoms with Crippen LogP contribution in [0.25, 0.3) is 0 Å². The minimum Gasteiger partial charge on any atom is -0.296 e. The second kappa shape index (κ2) is 7.26. The molecule has 0 saturated heterocycles. The van der Waals surface area contributed by atoms with E-state index >= 15 is 0 Å². The summed E-state index contributed by atoms with van der Waals surface area (Å²) < 4.78 is 0. The SMILES string of the molecule is CC(C)CN(Cc1ccccc1C(=O)NN)C(C)C. The van der Waals surface area contributed by atoms with Crippen LogP contribution in [0.2, 0.25) is 0 Å². The van der Waals surface area contributed by atoms with Gasteiger partial charge in [0.25, 0.3) is 5.91 Å². The van der Waals surface area contributed by atoms with Gasteiger partial charge in [-0.05, 0) is 31.4 Å². The number of hydrazine groups is 1. The summed E-state index contributed by atoms with van der Waals surface area (Å²) in [6.07, 6.45) is 0. The van der Waals surface area contributed by atoms with Crippen LogP contribution >= 0.6 is 0 Å². The third-order valence-corrected chi connectivity index (χ3v) is 3.10. The maximum absolute atomic E-state index is 11.8. The van der Waals surface area contributed by atoms with Gasteiger partial charge >= 0.3 is 0 Å².